The lowest BCUT2D eigenvalue weighted by atomic mass is 10.4. The van der Waals surface area contributed by atoms with E-state index in [2.05, 4.69) is 9.97 Å². The van der Waals surface area contributed by atoms with E-state index in [4.69, 9.17) is 10.8 Å². The number of halogens is 1. The van der Waals surface area contributed by atoms with Crippen molar-refractivity contribution in [2.45, 2.75) is 0 Å². The maximum atomic E-state index is 10.4. The molecule has 0 atom stereocenters. The van der Waals surface area contributed by atoms with Crippen LogP contribution >= 0.6 is 22.6 Å². The van der Waals surface area contributed by atoms with Gasteiger partial charge in [-0.2, -0.15) is 0 Å². The summed E-state index contributed by atoms with van der Waals surface area (Å²) >= 11 is 1.86. The number of hydrogen-bond donors (Lipinski definition) is 2. The first-order valence-electron chi connectivity index (χ1n) is 2.62. The van der Waals surface area contributed by atoms with Gasteiger partial charge in [-0.25, -0.2) is 14.8 Å². The highest BCUT2D eigenvalue weighted by Crippen LogP contribution is 2.06. The number of nitrogens with zero attached hydrogens (tertiary/aromatic N) is 2. The molecule has 58 valence electrons. The maximum Gasteiger partial charge on any atom is 0.358 e. The average molecular weight is 265 g/mol. The van der Waals surface area contributed by atoms with Crippen molar-refractivity contribution in [3.05, 3.63) is 15.6 Å². The van der Waals surface area contributed by atoms with Crippen LogP contribution in [0.3, 0.4) is 0 Å². The number of nitrogens with two attached hydrogens (primary N) is 1. The zero-order valence-corrected chi connectivity index (χ0v) is 7.44. The molecular formula is C5H4IN3O2. The summed E-state index contributed by atoms with van der Waals surface area (Å²) in [6, 6.07) is 0. The van der Waals surface area contributed by atoms with Crippen LogP contribution in [0.15, 0.2) is 6.20 Å². The lowest BCUT2D eigenvalue weighted by molar-refractivity contribution is 0.0691. The third-order valence-electron chi connectivity index (χ3n) is 0.974. The van der Waals surface area contributed by atoms with Gasteiger partial charge in [0.05, 0.1) is 6.20 Å². The topological polar surface area (TPSA) is 89.1 Å². The minimum Gasteiger partial charge on any atom is -0.476 e. The van der Waals surface area contributed by atoms with Crippen LogP contribution in [0.1, 0.15) is 10.5 Å². The van der Waals surface area contributed by atoms with Gasteiger partial charge in [-0.05, 0) is 22.6 Å². The van der Waals surface area contributed by atoms with Crippen molar-refractivity contribution < 1.29 is 9.90 Å². The fourth-order valence-corrected chi connectivity index (χ4v) is 0.915. The molecule has 1 heterocycles. The summed E-state index contributed by atoms with van der Waals surface area (Å²) < 4.78 is 0.509. The number of anilines is 1. The van der Waals surface area contributed by atoms with Gasteiger partial charge in [0.25, 0.3) is 0 Å². The number of aromatic nitrogens is 2. The van der Waals surface area contributed by atoms with Gasteiger partial charge in [0.1, 0.15) is 3.70 Å². The van der Waals surface area contributed by atoms with Crippen molar-refractivity contribution in [3.8, 4) is 0 Å². The fourth-order valence-electron chi connectivity index (χ4n) is 0.534. The maximum absolute atomic E-state index is 10.4. The molecule has 1 rings (SSSR count). The standard InChI is InChI=1S/C5H4IN3O2/c6-2-1-8-4(7)3(9-2)5(10)11/h1H,(H2,7,8)(H,10,11). The second-order valence-electron chi connectivity index (χ2n) is 1.73. The summed E-state index contributed by atoms with van der Waals surface area (Å²) in [6.45, 7) is 0. The van der Waals surface area contributed by atoms with Crippen LogP contribution in [0, 0.1) is 3.70 Å². The van der Waals surface area contributed by atoms with Crippen LogP contribution in [-0.2, 0) is 0 Å². The van der Waals surface area contributed by atoms with Crippen LogP contribution in [-0.4, -0.2) is 21.0 Å². The Bertz CT molecular complexity index is 302. The summed E-state index contributed by atoms with van der Waals surface area (Å²) in [5, 5.41) is 8.50. The molecule has 1 aromatic rings. The lowest BCUT2D eigenvalue weighted by Crippen LogP contribution is -2.08. The molecule has 0 aliphatic rings. The first-order chi connectivity index (χ1) is 5.11. The van der Waals surface area contributed by atoms with Crippen LogP contribution in [0.4, 0.5) is 5.82 Å². The molecule has 6 heteroatoms. The summed E-state index contributed by atoms with van der Waals surface area (Å²) in [5.41, 5.74) is 5.04. The van der Waals surface area contributed by atoms with E-state index in [9.17, 15) is 4.79 Å². The molecular weight excluding hydrogens is 261 g/mol. The van der Waals surface area contributed by atoms with Crippen molar-refractivity contribution in [2.24, 2.45) is 0 Å². The van der Waals surface area contributed by atoms with E-state index in [1.807, 2.05) is 22.6 Å². The molecule has 0 fully saturated rings. The van der Waals surface area contributed by atoms with E-state index < -0.39 is 5.97 Å². The number of carboxylic acid groups (broad SMARTS) is 1. The van der Waals surface area contributed by atoms with Gasteiger partial charge >= 0.3 is 5.97 Å². The molecule has 0 saturated carbocycles. The van der Waals surface area contributed by atoms with Crippen molar-refractivity contribution >= 4 is 34.4 Å². The number of aromatic carboxylic acids is 1. The molecule has 0 bridgehead atoms. The van der Waals surface area contributed by atoms with Gasteiger partial charge in [-0.15, -0.1) is 0 Å². The van der Waals surface area contributed by atoms with E-state index in [1.165, 1.54) is 6.20 Å². The van der Waals surface area contributed by atoms with Crippen molar-refractivity contribution in [1.29, 1.82) is 0 Å². The van der Waals surface area contributed by atoms with E-state index in [1.54, 1.807) is 0 Å². The summed E-state index contributed by atoms with van der Waals surface area (Å²) in [6.07, 6.45) is 1.41. The molecule has 0 aliphatic heterocycles. The molecule has 0 spiro atoms. The number of rotatable bonds is 1. The Morgan fingerprint density at radius 3 is 2.82 bits per heavy atom. The molecule has 5 nitrogen and oxygen atoms in total. The Morgan fingerprint density at radius 2 is 2.36 bits per heavy atom. The first-order valence-corrected chi connectivity index (χ1v) is 3.70. The Labute approximate surface area is 75.8 Å². The molecule has 0 aliphatic carbocycles. The summed E-state index contributed by atoms with van der Waals surface area (Å²) in [4.78, 5) is 17.7. The molecule has 1 aromatic heterocycles. The predicted molar refractivity (Wildman–Crippen MR) is 46.1 cm³/mol. The van der Waals surface area contributed by atoms with Gasteiger partial charge in [-0.1, -0.05) is 0 Å². The molecule has 3 N–H and O–H groups in total. The normalized spacial score (nSPS) is 9.55. The lowest BCUT2D eigenvalue weighted by Gasteiger charge is -1.97. The van der Waals surface area contributed by atoms with Gasteiger partial charge in [0, 0.05) is 0 Å². The van der Waals surface area contributed by atoms with E-state index in [0.29, 0.717) is 3.70 Å². The number of carboxylic acids is 1. The Balaban J connectivity index is 3.23. The third kappa shape index (κ3) is 1.76. The SMILES string of the molecule is Nc1ncc(I)nc1C(=O)O. The largest absolute Gasteiger partial charge is 0.476 e. The van der Waals surface area contributed by atoms with Gasteiger partial charge in [-0.3, -0.25) is 0 Å². The van der Waals surface area contributed by atoms with Crippen LogP contribution in [0.2, 0.25) is 0 Å². The minimum atomic E-state index is -1.16. The average Bonchev–Trinajstić information content (AvgIpc) is 1.94. The van der Waals surface area contributed by atoms with Gasteiger partial charge in [0.15, 0.2) is 11.5 Å². The zero-order valence-electron chi connectivity index (χ0n) is 5.28. The highest BCUT2D eigenvalue weighted by Gasteiger charge is 2.10. The van der Waals surface area contributed by atoms with Gasteiger partial charge in [0.2, 0.25) is 0 Å². The molecule has 0 unspecified atom stereocenters. The van der Waals surface area contributed by atoms with Gasteiger partial charge < -0.3 is 10.8 Å². The van der Waals surface area contributed by atoms with E-state index >= 15 is 0 Å². The molecule has 0 aromatic carbocycles. The number of nitrogen functional groups attached to an aromatic ring is 1. The first kappa shape index (κ1) is 8.18. The third-order valence-corrected chi connectivity index (χ3v) is 1.49. The predicted octanol–water partition coefficient (Wildman–Crippen LogP) is 0.362. The quantitative estimate of drug-likeness (QED) is 0.715. The van der Waals surface area contributed by atoms with Crippen molar-refractivity contribution in [2.75, 3.05) is 5.73 Å². The van der Waals surface area contributed by atoms with E-state index in [0.717, 1.165) is 0 Å². The number of hydrogen-bond acceptors (Lipinski definition) is 4. The fraction of sp³-hybridized carbons (Fsp3) is 0. The van der Waals surface area contributed by atoms with Crippen LogP contribution in [0.5, 0.6) is 0 Å². The second kappa shape index (κ2) is 2.99. The number of carbonyl (C=O) groups is 1. The van der Waals surface area contributed by atoms with E-state index in [-0.39, 0.29) is 11.5 Å². The molecule has 0 amide bonds. The highest BCUT2D eigenvalue weighted by molar-refractivity contribution is 14.1. The Hall–Kier alpha value is -0.920. The van der Waals surface area contributed by atoms with Crippen LogP contribution < -0.4 is 5.73 Å². The second-order valence-corrected chi connectivity index (χ2v) is 2.84. The summed E-state index contributed by atoms with van der Waals surface area (Å²) in [5.74, 6) is -1.22. The van der Waals surface area contributed by atoms with Crippen molar-refractivity contribution in [1.82, 2.24) is 9.97 Å². The monoisotopic (exact) mass is 265 g/mol. The Morgan fingerprint density at radius 1 is 1.73 bits per heavy atom. The highest BCUT2D eigenvalue weighted by atomic mass is 127. The van der Waals surface area contributed by atoms with Crippen LogP contribution in [0.25, 0.3) is 0 Å². The minimum absolute atomic E-state index is 0.0575. The zero-order chi connectivity index (χ0) is 8.43. The smallest absolute Gasteiger partial charge is 0.358 e. The Kier molecular flexibility index (Phi) is 2.22. The van der Waals surface area contributed by atoms with Crippen molar-refractivity contribution in [3.63, 3.8) is 0 Å². The molecule has 11 heavy (non-hydrogen) atoms. The molecule has 0 saturated heterocycles. The molecule has 0 radical (unpaired) electrons. The summed E-state index contributed by atoms with van der Waals surface area (Å²) in [7, 11) is 0.